The van der Waals surface area contributed by atoms with Gasteiger partial charge >= 0.3 is 0 Å². The van der Waals surface area contributed by atoms with Gasteiger partial charge in [0.05, 0.1) is 12.9 Å². The highest BCUT2D eigenvalue weighted by atomic mass is 16.6. The first-order valence-electron chi connectivity index (χ1n) is 7.70. The molecule has 0 aliphatic carbocycles. The van der Waals surface area contributed by atoms with E-state index in [0.717, 1.165) is 6.42 Å². The summed E-state index contributed by atoms with van der Waals surface area (Å²) in [4.78, 5) is 12.6. The van der Waals surface area contributed by atoms with Gasteiger partial charge < -0.3 is 30.1 Å². The lowest BCUT2D eigenvalue weighted by molar-refractivity contribution is -0.0511. The van der Waals surface area contributed by atoms with E-state index in [-0.39, 0.29) is 6.61 Å². The first-order valence-corrected chi connectivity index (χ1v) is 7.70. The summed E-state index contributed by atoms with van der Waals surface area (Å²) in [5.74, 6) is 0.571. The second-order valence-corrected chi connectivity index (χ2v) is 5.55. The molecule has 2 aromatic rings. The summed E-state index contributed by atoms with van der Waals surface area (Å²) in [6, 6.07) is 0. The predicted octanol–water partition coefficient (Wildman–Crippen LogP) is -1.11. The van der Waals surface area contributed by atoms with E-state index in [1.807, 2.05) is 0 Å². The Kier molecular flexibility index (Phi) is 5.21. The molecular weight excluding hydrogens is 318 g/mol. The minimum absolute atomic E-state index is 0.386. The second-order valence-electron chi connectivity index (χ2n) is 5.55. The molecular formula is C14H21N5O5. The van der Waals surface area contributed by atoms with Crippen LogP contribution in [0.3, 0.4) is 0 Å². The third-order valence-electron chi connectivity index (χ3n) is 3.97. The summed E-state index contributed by atoms with van der Waals surface area (Å²) in [6.07, 6.45) is -0.411. The number of nitrogens with zero attached hydrogens (tertiary/aromatic N) is 4. The molecule has 0 amide bonds. The maximum atomic E-state index is 10.2. The van der Waals surface area contributed by atoms with E-state index >= 15 is 0 Å². The van der Waals surface area contributed by atoms with Gasteiger partial charge in [0.1, 0.15) is 24.6 Å². The van der Waals surface area contributed by atoms with Crippen molar-refractivity contribution in [2.24, 2.45) is 0 Å². The number of hydrogen-bond acceptors (Lipinski definition) is 9. The zero-order valence-corrected chi connectivity index (χ0v) is 13.2. The van der Waals surface area contributed by atoms with Crippen LogP contribution in [0.2, 0.25) is 0 Å². The molecule has 132 valence electrons. The number of aromatic nitrogens is 4. The quantitative estimate of drug-likeness (QED) is 0.463. The minimum Gasteiger partial charge on any atom is -0.394 e. The van der Waals surface area contributed by atoms with Gasteiger partial charge in [-0.15, -0.1) is 0 Å². The zero-order valence-electron chi connectivity index (χ0n) is 13.2. The first-order chi connectivity index (χ1) is 11.7. The van der Waals surface area contributed by atoms with E-state index in [0.29, 0.717) is 30.1 Å². The van der Waals surface area contributed by atoms with Gasteiger partial charge in [-0.05, 0) is 6.42 Å². The van der Waals surface area contributed by atoms with Crippen LogP contribution in [0.25, 0.3) is 11.2 Å². The van der Waals surface area contributed by atoms with Crippen molar-refractivity contribution in [1.29, 1.82) is 0 Å². The van der Waals surface area contributed by atoms with Gasteiger partial charge in [0.25, 0.3) is 0 Å². The van der Waals surface area contributed by atoms with Crippen LogP contribution in [0, 0.1) is 0 Å². The number of hydrogen-bond donors (Lipinski definition) is 4. The van der Waals surface area contributed by atoms with Crippen LogP contribution in [0.5, 0.6) is 0 Å². The average Bonchev–Trinajstić information content (AvgIpc) is 3.14. The van der Waals surface area contributed by atoms with Gasteiger partial charge in [-0.2, -0.15) is 0 Å². The molecule has 1 aliphatic rings. The summed E-state index contributed by atoms with van der Waals surface area (Å²) in [6.45, 7) is 0.918. The molecule has 0 saturated carbocycles. The lowest BCUT2D eigenvalue weighted by Gasteiger charge is -2.16. The fourth-order valence-electron chi connectivity index (χ4n) is 2.70. The Balaban J connectivity index is 1.83. The lowest BCUT2D eigenvalue weighted by atomic mass is 10.1. The van der Waals surface area contributed by atoms with Gasteiger partial charge in [-0.3, -0.25) is 4.57 Å². The predicted molar refractivity (Wildman–Crippen MR) is 83.3 cm³/mol. The molecule has 4 N–H and O–H groups in total. The lowest BCUT2D eigenvalue weighted by Crippen LogP contribution is -2.33. The smallest absolute Gasteiger partial charge is 0.167 e. The fraction of sp³-hybridized carbons (Fsp3) is 0.643. The largest absolute Gasteiger partial charge is 0.394 e. The van der Waals surface area contributed by atoms with E-state index in [4.69, 9.17) is 9.47 Å². The van der Waals surface area contributed by atoms with Gasteiger partial charge in [0.15, 0.2) is 23.2 Å². The molecule has 1 fully saturated rings. The SMILES string of the molecule is COCCCNc1ncnc2c1ncn2C1OC(CO)C(O)C1O. The van der Waals surface area contributed by atoms with Crippen molar-refractivity contribution >= 4 is 17.0 Å². The Bertz CT molecular complexity index is 681. The zero-order chi connectivity index (χ0) is 17.1. The Morgan fingerprint density at radius 2 is 2.12 bits per heavy atom. The number of aliphatic hydroxyl groups is 3. The Morgan fingerprint density at radius 1 is 1.29 bits per heavy atom. The van der Waals surface area contributed by atoms with E-state index in [1.165, 1.54) is 17.2 Å². The maximum absolute atomic E-state index is 10.2. The van der Waals surface area contributed by atoms with Crippen LogP contribution in [0.4, 0.5) is 5.82 Å². The van der Waals surface area contributed by atoms with Crippen molar-refractivity contribution < 1.29 is 24.8 Å². The topological polar surface area (TPSA) is 135 Å². The molecule has 1 aliphatic heterocycles. The summed E-state index contributed by atoms with van der Waals surface area (Å²) in [5.41, 5.74) is 1.00. The highest BCUT2D eigenvalue weighted by molar-refractivity contribution is 5.82. The summed E-state index contributed by atoms with van der Waals surface area (Å²) >= 11 is 0. The first kappa shape index (κ1) is 17.0. The van der Waals surface area contributed by atoms with Crippen LogP contribution >= 0.6 is 0 Å². The van der Waals surface area contributed by atoms with Crippen molar-refractivity contribution in [2.45, 2.75) is 31.0 Å². The Labute approximate surface area is 138 Å². The van der Waals surface area contributed by atoms with Gasteiger partial charge in [-0.1, -0.05) is 0 Å². The third-order valence-corrected chi connectivity index (χ3v) is 3.97. The van der Waals surface area contributed by atoms with Crippen LogP contribution in [0.15, 0.2) is 12.7 Å². The average molecular weight is 339 g/mol. The molecule has 4 atom stereocenters. The van der Waals surface area contributed by atoms with Crippen LogP contribution in [0.1, 0.15) is 12.6 Å². The van der Waals surface area contributed by atoms with E-state index in [9.17, 15) is 15.3 Å². The van der Waals surface area contributed by atoms with Crippen molar-refractivity contribution in [3.63, 3.8) is 0 Å². The van der Waals surface area contributed by atoms with Crippen LogP contribution in [-0.4, -0.2) is 80.0 Å². The number of ether oxygens (including phenoxy) is 2. The van der Waals surface area contributed by atoms with E-state index < -0.39 is 24.5 Å². The molecule has 0 bridgehead atoms. The molecule has 0 spiro atoms. The normalized spacial score (nSPS) is 27.0. The van der Waals surface area contributed by atoms with Crippen LogP contribution in [-0.2, 0) is 9.47 Å². The van der Waals surface area contributed by atoms with Crippen LogP contribution < -0.4 is 5.32 Å². The summed E-state index contributed by atoms with van der Waals surface area (Å²) < 4.78 is 12.0. The second kappa shape index (κ2) is 7.36. The molecule has 24 heavy (non-hydrogen) atoms. The highest BCUT2D eigenvalue weighted by Gasteiger charge is 2.44. The van der Waals surface area contributed by atoms with Gasteiger partial charge in [0, 0.05) is 20.3 Å². The van der Waals surface area contributed by atoms with E-state index in [2.05, 4.69) is 20.3 Å². The Morgan fingerprint density at radius 3 is 2.83 bits per heavy atom. The van der Waals surface area contributed by atoms with E-state index in [1.54, 1.807) is 7.11 Å². The molecule has 3 rings (SSSR count). The molecule has 0 radical (unpaired) electrons. The standard InChI is InChI=1S/C14H21N5O5/c1-23-4-2-3-15-12-9-13(17-6-16-12)19(7-18-9)14-11(22)10(21)8(5-20)24-14/h6-8,10-11,14,20-22H,2-5H2,1H3,(H,15,16,17). The minimum atomic E-state index is -1.19. The highest BCUT2D eigenvalue weighted by Crippen LogP contribution is 2.31. The number of imidazole rings is 1. The number of fused-ring (bicyclic) bond motifs is 1. The Hall–Kier alpha value is -1.85. The maximum Gasteiger partial charge on any atom is 0.167 e. The number of aliphatic hydroxyl groups excluding tert-OH is 3. The van der Waals surface area contributed by atoms with Gasteiger partial charge in [-0.25, -0.2) is 15.0 Å². The third kappa shape index (κ3) is 3.06. The van der Waals surface area contributed by atoms with Crippen molar-refractivity contribution in [3.05, 3.63) is 12.7 Å². The molecule has 1 saturated heterocycles. The molecule has 10 nitrogen and oxygen atoms in total. The summed E-state index contributed by atoms with van der Waals surface area (Å²) in [5, 5.41) is 32.4. The molecule has 10 heteroatoms. The molecule has 4 unspecified atom stereocenters. The number of anilines is 1. The summed E-state index contributed by atoms with van der Waals surface area (Å²) in [7, 11) is 1.64. The number of rotatable bonds is 7. The number of nitrogens with one attached hydrogen (secondary N) is 1. The monoisotopic (exact) mass is 339 g/mol. The fourth-order valence-corrected chi connectivity index (χ4v) is 2.70. The molecule has 3 heterocycles. The van der Waals surface area contributed by atoms with Gasteiger partial charge in [0.2, 0.25) is 0 Å². The molecule has 2 aromatic heterocycles. The van der Waals surface area contributed by atoms with Crippen molar-refractivity contribution in [2.75, 3.05) is 32.2 Å². The van der Waals surface area contributed by atoms with Crippen molar-refractivity contribution in [1.82, 2.24) is 19.5 Å². The number of methoxy groups -OCH3 is 1. The van der Waals surface area contributed by atoms with Crippen molar-refractivity contribution in [3.8, 4) is 0 Å². The molecule has 0 aromatic carbocycles.